The first-order valence-electron chi connectivity index (χ1n) is 6.86. The largest absolute Gasteiger partial charge is 0.508 e. The molecule has 0 aliphatic carbocycles. The summed E-state index contributed by atoms with van der Waals surface area (Å²) in [5.41, 5.74) is 2.35. The monoisotopic (exact) mass is 319 g/mol. The van der Waals surface area contributed by atoms with Crippen molar-refractivity contribution >= 4 is 29.0 Å². The van der Waals surface area contributed by atoms with Gasteiger partial charge in [-0.3, -0.25) is 4.79 Å². The molecule has 0 fully saturated rings. The molecule has 1 aliphatic rings. The van der Waals surface area contributed by atoms with Gasteiger partial charge in [-0.1, -0.05) is 12.1 Å². The van der Waals surface area contributed by atoms with Crippen molar-refractivity contribution in [1.29, 1.82) is 0 Å². The minimum atomic E-state index is 0.0764. The van der Waals surface area contributed by atoms with Crippen LogP contribution in [0.1, 0.15) is 25.7 Å². The van der Waals surface area contributed by atoms with E-state index in [1.54, 1.807) is 28.4 Å². The molecule has 1 N–H and O–H groups in total. The summed E-state index contributed by atoms with van der Waals surface area (Å²) in [5.74, 6) is 2.51. The number of hydrogen-bond donors (Lipinski definition) is 1. The van der Waals surface area contributed by atoms with E-state index in [1.807, 2.05) is 30.9 Å². The third-order valence-electron chi connectivity index (χ3n) is 3.54. The van der Waals surface area contributed by atoms with Crippen molar-refractivity contribution in [3.63, 3.8) is 0 Å². The number of amides is 1. The molecule has 0 saturated carbocycles. The lowest BCUT2D eigenvalue weighted by molar-refractivity contribution is 0.0790. The second-order valence-electron chi connectivity index (χ2n) is 5.19. The van der Waals surface area contributed by atoms with E-state index < -0.39 is 0 Å². The molecular weight excluding hydrogens is 302 g/mol. The highest BCUT2D eigenvalue weighted by Crippen LogP contribution is 2.32. The van der Waals surface area contributed by atoms with Gasteiger partial charge in [-0.15, -0.1) is 11.3 Å². The maximum atomic E-state index is 12.5. The molecule has 0 atom stereocenters. The van der Waals surface area contributed by atoms with Crippen LogP contribution in [-0.4, -0.2) is 28.7 Å². The van der Waals surface area contributed by atoms with E-state index in [0.717, 1.165) is 28.4 Å². The van der Waals surface area contributed by atoms with Gasteiger partial charge in [-0.2, -0.15) is 11.8 Å². The number of thiophene rings is 1. The van der Waals surface area contributed by atoms with Gasteiger partial charge in [0.1, 0.15) is 5.75 Å². The van der Waals surface area contributed by atoms with Crippen LogP contribution in [0.2, 0.25) is 0 Å². The lowest BCUT2D eigenvalue weighted by Crippen LogP contribution is -2.25. The van der Waals surface area contributed by atoms with E-state index in [0.29, 0.717) is 6.54 Å². The number of fused-ring (bicyclic) bond motifs is 1. The maximum Gasteiger partial charge on any atom is 0.263 e. The van der Waals surface area contributed by atoms with Crippen molar-refractivity contribution in [3.05, 3.63) is 51.2 Å². The Kier molecular flexibility index (Phi) is 4.22. The standard InChI is InChI=1S/C16H17NO2S2/c1-17(9-11-2-4-13(18)5-3-11)16(19)15-8-12-10-20-7-6-14(12)21-15/h2-5,8,18H,6-7,9-10H2,1H3. The molecule has 1 aromatic heterocycles. The van der Waals surface area contributed by atoms with E-state index >= 15 is 0 Å². The van der Waals surface area contributed by atoms with Gasteiger partial charge in [0.2, 0.25) is 0 Å². The number of carbonyl (C=O) groups excluding carboxylic acids is 1. The average molecular weight is 319 g/mol. The smallest absolute Gasteiger partial charge is 0.263 e. The fraction of sp³-hybridized carbons (Fsp3) is 0.312. The highest BCUT2D eigenvalue weighted by molar-refractivity contribution is 7.98. The van der Waals surface area contributed by atoms with Gasteiger partial charge in [0, 0.05) is 24.2 Å². The number of benzene rings is 1. The summed E-state index contributed by atoms with van der Waals surface area (Å²) in [4.78, 5) is 16.5. The molecular formula is C16H17NO2S2. The number of thioether (sulfide) groups is 1. The Labute approximate surface area is 132 Å². The molecule has 5 heteroatoms. The Bertz CT molecular complexity index is 625. The number of carbonyl (C=O) groups is 1. The zero-order chi connectivity index (χ0) is 14.8. The maximum absolute atomic E-state index is 12.5. The van der Waals surface area contributed by atoms with Crippen molar-refractivity contribution in [1.82, 2.24) is 4.90 Å². The number of phenolic OH excluding ortho intramolecular Hbond substituents is 1. The molecule has 1 amide bonds. The van der Waals surface area contributed by atoms with Crippen LogP contribution in [0, 0.1) is 0 Å². The zero-order valence-corrected chi connectivity index (χ0v) is 13.5. The molecule has 2 aromatic rings. The minimum Gasteiger partial charge on any atom is -0.508 e. The molecule has 0 unspecified atom stereocenters. The zero-order valence-electron chi connectivity index (χ0n) is 11.8. The number of aryl methyl sites for hydroxylation is 1. The van der Waals surface area contributed by atoms with Gasteiger partial charge in [0.25, 0.3) is 5.91 Å². The third kappa shape index (κ3) is 3.24. The first-order chi connectivity index (χ1) is 10.1. The normalized spacial score (nSPS) is 13.8. The quantitative estimate of drug-likeness (QED) is 0.941. The van der Waals surface area contributed by atoms with E-state index in [1.165, 1.54) is 10.4 Å². The van der Waals surface area contributed by atoms with Crippen molar-refractivity contribution in [3.8, 4) is 5.75 Å². The van der Waals surface area contributed by atoms with E-state index in [4.69, 9.17) is 0 Å². The number of aromatic hydroxyl groups is 1. The summed E-state index contributed by atoms with van der Waals surface area (Å²) in [6, 6.07) is 9.04. The Morgan fingerprint density at radius 1 is 1.33 bits per heavy atom. The molecule has 0 bridgehead atoms. The first-order valence-corrected chi connectivity index (χ1v) is 8.83. The van der Waals surface area contributed by atoms with Crippen molar-refractivity contribution in [2.75, 3.05) is 12.8 Å². The van der Waals surface area contributed by atoms with Gasteiger partial charge in [-0.05, 0) is 41.5 Å². The average Bonchev–Trinajstić information content (AvgIpc) is 2.92. The van der Waals surface area contributed by atoms with Crippen molar-refractivity contribution in [2.45, 2.75) is 18.7 Å². The molecule has 2 heterocycles. The number of rotatable bonds is 3. The SMILES string of the molecule is CN(Cc1ccc(O)cc1)C(=O)c1cc2c(s1)CCSC2. The summed E-state index contributed by atoms with van der Waals surface area (Å²) in [6.45, 7) is 0.552. The van der Waals surface area contributed by atoms with Crippen LogP contribution in [0.4, 0.5) is 0 Å². The predicted octanol–water partition coefficient (Wildman–Crippen LogP) is 3.52. The molecule has 110 valence electrons. The van der Waals surface area contributed by atoms with Crippen LogP contribution in [0.25, 0.3) is 0 Å². The Hall–Kier alpha value is -1.46. The molecule has 1 aliphatic heterocycles. The second-order valence-corrected chi connectivity index (χ2v) is 7.43. The fourth-order valence-electron chi connectivity index (χ4n) is 2.39. The number of phenols is 1. The van der Waals surface area contributed by atoms with Crippen molar-refractivity contribution < 1.29 is 9.90 Å². The molecule has 1 aromatic carbocycles. The van der Waals surface area contributed by atoms with Crippen LogP contribution >= 0.6 is 23.1 Å². The lowest BCUT2D eigenvalue weighted by atomic mass is 10.2. The minimum absolute atomic E-state index is 0.0764. The molecule has 3 rings (SSSR count). The summed E-state index contributed by atoms with van der Waals surface area (Å²) in [5, 5.41) is 9.29. The summed E-state index contributed by atoms with van der Waals surface area (Å²) >= 11 is 3.57. The lowest BCUT2D eigenvalue weighted by Gasteiger charge is -2.16. The van der Waals surface area contributed by atoms with Gasteiger partial charge in [-0.25, -0.2) is 0 Å². The Morgan fingerprint density at radius 3 is 2.81 bits per heavy atom. The van der Waals surface area contributed by atoms with Crippen LogP contribution in [0.3, 0.4) is 0 Å². The van der Waals surface area contributed by atoms with E-state index in [-0.39, 0.29) is 11.7 Å². The number of nitrogens with zero attached hydrogens (tertiary/aromatic N) is 1. The van der Waals surface area contributed by atoms with Crippen LogP contribution in [0.15, 0.2) is 30.3 Å². The van der Waals surface area contributed by atoms with Crippen LogP contribution in [0.5, 0.6) is 5.75 Å². The predicted molar refractivity (Wildman–Crippen MR) is 88.1 cm³/mol. The van der Waals surface area contributed by atoms with Crippen LogP contribution in [-0.2, 0) is 18.7 Å². The summed E-state index contributed by atoms with van der Waals surface area (Å²) < 4.78 is 0. The fourth-order valence-corrected chi connectivity index (χ4v) is 4.75. The van der Waals surface area contributed by atoms with E-state index in [9.17, 15) is 9.90 Å². The highest BCUT2D eigenvalue weighted by Gasteiger charge is 2.19. The number of hydrogen-bond acceptors (Lipinski definition) is 4. The molecule has 21 heavy (non-hydrogen) atoms. The summed E-state index contributed by atoms with van der Waals surface area (Å²) in [6.07, 6.45) is 1.08. The van der Waals surface area contributed by atoms with Crippen LogP contribution < -0.4 is 0 Å². The summed E-state index contributed by atoms with van der Waals surface area (Å²) in [7, 11) is 1.82. The highest BCUT2D eigenvalue weighted by atomic mass is 32.2. The molecule has 0 radical (unpaired) electrons. The molecule has 0 saturated heterocycles. The Morgan fingerprint density at radius 2 is 2.10 bits per heavy atom. The van der Waals surface area contributed by atoms with Gasteiger partial charge >= 0.3 is 0 Å². The van der Waals surface area contributed by atoms with Gasteiger partial charge in [0.15, 0.2) is 0 Å². The second kappa shape index (κ2) is 6.12. The van der Waals surface area contributed by atoms with Crippen molar-refractivity contribution in [2.24, 2.45) is 0 Å². The van der Waals surface area contributed by atoms with Gasteiger partial charge in [0.05, 0.1) is 4.88 Å². The van der Waals surface area contributed by atoms with E-state index in [2.05, 4.69) is 6.07 Å². The molecule has 3 nitrogen and oxygen atoms in total. The van der Waals surface area contributed by atoms with Gasteiger partial charge < -0.3 is 10.0 Å². The topological polar surface area (TPSA) is 40.5 Å². The molecule has 0 spiro atoms. The Balaban J connectivity index is 1.72. The third-order valence-corrected chi connectivity index (χ3v) is 5.77. The first kappa shape index (κ1) is 14.5.